The van der Waals surface area contributed by atoms with Crippen LogP contribution in [0.15, 0.2) is 65.4 Å². The summed E-state index contributed by atoms with van der Waals surface area (Å²) in [5.74, 6) is 1.28. The number of fused-ring (bicyclic) bond motifs is 3. The van der Waals surface area contributed by atoms with E-state index in [0.29, 0.717) is 12.5 Å². The molecule has 0 spiro atoms. The van der Waals surface area contributed by atoms with E-state index in [0.717, 1.165) is 28.1 Å². The molecule has 2 atom stereocenters. The van der Waals surface area contributed by atoms with Gasteiger partial charge in [-0.05, 0) is 37.1 Å². The van der Waals surface area contributed by atoms with E-state index in [1.165, 1.54) is 4.90 Å². The third kappa shape index (κ3) is 3.51. The maximum absolute atomic E-state index is 13.5. The second-order valence-corrected chi connectivity index (χ2v) is 8.70. The number of ether oxygens (including phenoxy) is 1. The van der Waals surface area contributed by atoms with Gasteiger partial charge in [-0.25, -0.2) is 9.79 Å². The molecule has 5 rings (SSSR count). The van der Waals surface area contributed by atoms with Gasteiger partial charge in [0.15, 0.2) is 12.2 Å². The summed E-state index contributed by atoms with van der Waals surface area (Å²) < 4.78 is 5.25. The largest absolute Gasteiger partial charge is 0.497 e. The third-order valence-corrected chi connectivity index (χ3v) is 6.46. The first-order valence-corrected chi connectivity index (χ1v) is 11.0. The number of aliphatic imine (C=N–C) groups is 1. The van der Waals surface area contributed by atoms with E-state index >= 15 is 0 Å². The highest BCUT2D eigenvalue weighted by Gasteiger charge is 2.54. The van der Waals surface area contributed by atoms with E-state index < -0.39 is 12.2 Å². The molecular formula is C25H27N5O3. The van der Waals surface area contributed by atoms with Crippen molar-refractivity contribution in [3.05, 3.63) is 77.1 Å². The normalized spacial score (nSPS) is 21.8. The zero-order valence-electron chi connectivity index (χ0n) is 19.2. The fraction of sp³-hybridized carbons (Fsp3) is 0.320. The van der Waals surface area contributed by atoms with Crippen LogP contribution in [0.4, 0.5) is 4.79 Å². The molecule has 8 heteroatoms. The number of benzene rings is 2. The van der Waals surface area contributed by atoms with Crippen molar-refractivity contribution in [2.24, 2.45) is 4.99 Å². The van der Waals surface area contributed by atoms with Crippen LogP contribution < -0.4 is 4.74 Å². The summed E-state index contributed by atoms with van der Waals surface area (Å²) >= 11 is 0. The molecule has 3 aliphatic rings. The molecule has 2 unspecified atom stereocenters. The van der Waals surface area contributed by atoms with E-state index in [-0.39, 0.29) is 18.5 Å². The van der Waals surface area contributed by atoms with Crippen LogP contribution in [0.25, 0.3) is 0 Å². The van der Waals surface area contributed by atoms with Crippen molar-refractivity contribution >= 4 is 17.9 Å². The summed E-state index contributed by atoms with van der Waals surface area (Å²) in [5, 5.41) is 0. The number of rotatable bonds is 5. The number of nitrogens with zero attached hydrogens (tertiary/aromatic N) is 5. The highest BCUT2D eigenvalue weighted by atomic mass is 16.5. The van der Waals surface area contributed by atoms with Gasteiger partial charge in [-0.1, -0.05) is 42.0 Å². The summed E-state index contributed by atoms with van der Waals surface area (Å²) in [5.41, 5.74) is 4.15. The molecule has 170 valence electrons. The van der Waals surface area contributed by atoms with Gasteiger partial charge in [0.1, 0.15) is 5.75 Å². The molecule has 3 amide bonds. The summed E-state index contributed by atoms with van der Waals surface area (Å²) in [6.07, 6.45) is 1.41. The average molecular weight is 446 g/mol. The molecule has 8 nitrogen and oxygen atoms in total. The summed E-state index contributed by atoms with van der Waals surface area (Å²) in [7, 11) is 3.36. The topological polar surface area (TPSA) is 68.7 Å². The molecule has 3 aliphatic heterocycles. The number of hydrogen-bond donors (Lipinski definition) is 0. The predicted molar refractivity (Wildman–Crippen MR) is 124 cm³/mol. The van der Waals surface area contributed by atoms with Gasteiger partial charge in [-0.2, -0.15) is 0 Å². The second-order valence-electron chi connectivity index (χ2n) is 8.70. The molecule has 1 saturated heterocycles. The highest BCUT2D eigenvalue weighted by Crippen LogP contribution is 2.35. The summed E-state index contributed by atoms with van der Waals surface area (Å²) in [6.45, 7) is 4.87. The Morgan fingerprint density at radius 2 is 1.52 bits per heavy atom. The molecule has 1 fully saturated rings. The van der Waals surface area contributed by atoms with Crippen molar-refractivity contribution in [2.75, 3.05) is 14.2 Å². The van der Waals surface area contributed by atoms with Crippen LogP contribution in [0, 0.1) is 6.92 Å². The van der Waals surface area contributed by atoms with Gasteiger partial charge in [0.05, 0.1) is 20.2 Å². The van der Waals surface area contributed by atoms with Crippen molar-refractivity contribution in [2.45, 2.75) is 39.1 Å². The predicted octanol–water partition coefficient (Wildman–Crippen LogP) is 3.14. The van der Waals surface area contributed by atoms with Crippen molar-refractivity contribution in [1.29, 1.82) is 0 Å². The lowest BCUT2D eigenvalue weighted by molar-refractivity contribution is -0.137. The maximum Gasteiger partial charge on any atom is 0.328 e. The Morgan fingerprint density at radius 3 is 2.15 bits per heavy atom. The number of hydrogen-bond acceptors (Lipinski definition) is 6. The van der Waals surface area contributed by atoms with Crippen LogP contribution >= 0.6 is 0 Å². The number of methoxy groups -OCH3 is 1. The number of likely N-dealkylation sites (N-methyl/N-ethyl adjacent to an activating group) is 1. The van der Waals surface area contributed by atoms with E-state index in [2.05, 4.69) is 4.90 Å². The average Bonchev–Trinajstić information content (AvgIpc) is 3.33. The van der Waals surface area contributed by atoms with Crippen LogP contribution in [0.5, 0.6) is 5.75 Å². The molecule has 3 heterocycles. The number of amides is 3. The Balaban J connectivity index is 1.39. The smallest absolute Gasteiger partial charge is 0.328 e. The zero-order valence-corrected chi connectivity index (χ0v) is 19.2. The van der Waals surface area contributed by atoms with Crippen molar-refractivity contribution in [3.63, 3.8) is 0 Å². The molecule has 0 bridgehead atoms. The fourth-order valence-electron chi connectivity index (χ4n) is 4.53. The van der Waals surface area contributed by atoms with Crippen LogP contribution in [-0.4, -0.2) is 63.9 Å². The number of allylic oxidation sites excluding steroid dienone is 1. The first-order valence-electron chi connectivity index (χ1n) is 11.0. The van der Waals surface area contributed by atoms with E-state index in [1.54, 1.807) is 19.1 Å². The number of carbonyl (C=O) groups is 2. The van der Waals surface area contributed by atoms with Gasteiger partial charge < -0.3 is 19.4 Å². The number of urea groups is 1. The number of imide groups is 1. The molecule has 0 aliphatic carbocycles. The minimum absolute atomic E-state index is 0.224. The fourth-order valence-corrected chi connectivity index (χ4v) is 4.53. The van der Waals surface area contributed by atoms with E-state index in [9.17, 15) is 9.59 Å². The Kier molecular flexibility index (Phi) is 5.08. The van der Waals surface area contributed by atoms with Gasteiger partial charge in [0.25, 0.3) is 5.91 Å². The maximum atomic E-state index is 13.5. The van der Waals surface area contributed by atoms with Gasteiger partial charge in [-0.3, -0.25) is 9.69 Å². The molecule has 33 heavy (non-hydrogen) atoms. The molecule has 0 saturated carbocycles. The summed E-state index contributed by atoms with van der Waals surface area (Å²) in [6, 6.07) is 14.9. The zero-order chi connectivity index (χ0) is 23.3. The van der Waals surface area contributed by atoms with Gasteiger partial charge in [-0.15, -0.1) is 0 Å². The molecule has 2 aromatic rings. The van der Waals surface area contributed by atoms with E-state index in [4.69, 9.17) is 9.73 Å². The van der Waals surface area contributed by atoms with Crippen molar-refractivity contribution in [1.82, 2.24) is 19.6 Å². The van der Waals surface area contributed by atoms with Crippen LogP contribution in [0.1, 0.15) is 23.6 Å². The lowest BCUT2D eigenvalue weighted by Gasteiger charge is -2.40. The monoisotopic (exact) mass is 445 g/mol. The van der Waals surface area contributed by atoms with E-state index in [1.807, 2.05) is 73.5 Å². The Hall–Kier alpha value is -3.81. The molecule has 0 N–H and O–H groups in total. The third-order valence-electron chi connectivity index (χ3n) is 6.46. The minimum Gasteiger partial charge on any atom is -0.497 e. The van der Waals surface area contributed by atoms with Crippen molar-refractivity contribution in [3.8, 4) is 5.75 Å². The van der Waals surface area contributed by atoms with Gasteiger partial charge in [0.2, 0.25) is 5.96 Å². The number of guanidine groups is 1. The van der Waals surface area contributed by atoms with Gasteiger partial charge in [0, 0.05) is 18.9 Å². The molecular weight excluding hydrogens is 418 g/mol. The van der Waals surface area contributed by atoms with Crippen LogP contribution in [-0.2, 0) is 17.9 Å². The number of aryl methyl sites for hydroxylation is 1. The highest BCUT2D eigenvalue weighted by molar-refractivity contribution is 6.04. The Bertz CT molecular complexity index is 1160. The first-order chi connectivity index (χ1) is 15.9. The lowest BCUT2D eigenvalue weighted by atomic mass is 10.1. The van der Waals surface area contributed by atoms with Gasteiger partial charge >= 0.3 is 6.03 Å². The quantitative estimate of drug-likeness (QED) is 0.707. The minimum atomic E-state index is -0.566. The second kappa shape index (κ2) is 7.95. The summed E-state index contributed by atoms with van der Waals surface area (Å²) in [4.78, 5) is 38.3. The molecule has 0 aromatic heterocycles. The van der Waals surface area contributed by atoms with Crippen LogP contribution in [0.3, 0.4) is 0 Å². The van der Waals surface area contributed by atoms with Crippen molar-refractivity contribution < 1.29 is 14.3 Å². The number of carbonyl (C=O) groups excluding carboxylic acids is 2. The SMILES string of the molecule is COc1ccc(CN2C(C)=CN3C2=NC2C3C(=O)N(Cc3ccc(C)cc3)C(=O)N2C)cc1. The molecule has 2 aromatic carbocycles. The Morgan fingerprint density at radius 1 is 0.909 bits per heavy atom. The first kappa shape index (κ1) is 21.1. The molecule has 0 radical (unpaired) electrons. The van der Waals surface area contributed by atoms with Crippen LogP contribution in [0.2, 0.25) is 0 Å². The standard InChI is InChI=1S/C25H27N5O3/c1-16-5-7-18(8-6-16)15-30-23(31)21-22(27(3)25(30)32)26-24-28(17(2)13-29(21)24)14-19-9-11-20(33-4)12-10-19/h5-13,21-22H,14-15H2,1-4H3. The lowest BCUT2D eigenvalue weighted by Crippen LogP contribution is -2.63. The Labute approximate surface area is 193 Å².